The van der Waals surface area contributed by atoms with Crippen LogP contribution in [0.15, 0.2) is 35.1 Å². The molecule has 20 heavy (non-hydrogen) atoms. The monoisotopic (exact) mass is 340 g/mol. The topological polar surface area (TPSA) is 90.0 Å². The highest BCUT2D eigenvalue weighted by Crippen LogP contribution is 2.20. The van der Waals surface area contributed by atoms with Gasteiger partial charge in [0.1, 0.15) is 12.4 Å². The van der Waals surface area contributed by atoms with E-state index in [4.69, 9.17) is 5.73 Å². The number of nitrogens with two attached hydrogens (primary N) is 1. The Morgan fingerprint density at radius 2 is 2.20 bits per heavy atom. The molecule has 2 aromatic rings. The van der Waals surface area contributed by atoms with Crippen LogP contribution in [0.5, 0.6) is 0 Å². The van der Waals surface area contributed by atoms with Crippen molar-refractivity contribution in [3.8, 4) is 0 Å². The molecule has 0 unspecified atom stereocenters. The van der Waals surface area contributed by atoms with Gasteiger partial charge in [-0.05, 0) is 28.1 Å². The van der Waals surface area contributed by atoms with Crippen molar-refractivity contribution in [3.05, 3.63) is 46.4 Å². The number of halogens is 2. The van der Waals surface area contributed by atoms with E-state index in [0.29, 0.717) is 10.2 Å². The Hall–Kier alpha value is -2.22. The number of nitrogens with zero attached hydrogens (tertiary/aromatic N) is 2. The lowest BCUT2D eigenvalue weighted by molar-refractivity contribution is -0.118. The second kappa shape index (κ2) is 5.83. The predicted octanol–water partition coefficient (Wildman–Crippen LogP) is 1.52. The molecule has 0 aliphatic heterocycles. The van der Waals surface area contributed by atoms with Crippen LogP contribution in [0.3, 0.4) is 0 Å². The number of aromatic nitrogens is 2. The van der Waals surface area contributed by atoms with Gasteiger partial charge in [0.2, 0.25) is 5.91 Å². The molecule has 0 saturated heterocycles. The molecule has 0 radical (unpaired) electrons. The standard InChI is InChI=1S/C12H10BrFN4O2/c13-8-2-1-3-9(14)11(8)12(20)17-7-4-16-18(5-7)6-10(15)19/h1-5H,6H2,(H2,15,19)(H,17,20). The summed E-state index contributed by atoms with van der Waals surface area (Å²) < 4.78 is 15.2. The van der Waals surface area contributed by atoms with Gasteiger partial charge in [-0.2, -0.15) is 5.10 Å². The van der Waals surface area contributed by atoms with E-state index in [1.807, 2.05) is 0 Å². The van der Waals surface area contributed by atoms with E-state index < -0.39 is 17.6 Å². The molecule has 0 bridgehead atoms. The van der Waals surface area contributed by atoms with Crippen molar-refractivity contribution in [2.24, 2.45) is 5.73 Å². The number of anilines is 1. The fraction of sp³-hybridized carbons (Fsp3) is 0.0833. The first kappa shape index (κ1) is 14.2. The molecule has 0 spiro atoms. The zero-order valence-electron chi connectivity index (χ0n) is 10.1. The van der Waals surface area contributed by atoms with Crippen molar-refractivity contribution in [1.29, 1.82) is 0 Å². The van der Waals surface area contributed by atoms with Gasteiger partial charge in [-0.1, -0.05) is 6.07 Å². The second-order valence-electron chi connectivity index (χ2n) is 3.94. The van der Waals surface area contributed by atoms with Crippen molar-refractivity contribution in [2.75, 3.05) is 5.32 Å². The molecular weight excluding hydrogens is 331 g/mol. The minimum Gasteiger partial charge on any atom is -0.368 e. The molecule has 2 amide bonds. The van der Waals surface area contributed by atoms with Crippen LogP contribution in [-0.4, -0.2) is 21.6 Å². The number of rotatable bonds is 4. The van der Waals surface area contributed by atoms with Crippen molar-refractivity contribution >= 4 is 33.4 Å². The summed E-state index contributed by atoms with van der Waals surface area (Å²) in [7, 11) is 0. The summed E-state index contributed by atoms with van der Waals surface area (Å²) in [6, 6.07) is 4.24. The summed E-state index contributed by atoms with van der Waals surface area (Å²) in [4.78, 5) is 22.7. The van der Waals surface area contributed by atoms with E-state index in [9.17, 15) is 14.0 Å². The molecule has 0 atom stereocenters. The van der Waals surface area contributed by atoms with Crippen LogP contribution < -0.4 is 11.1 Å². The van der Waals surface area contributed by atoms with Crippen molar-refractivity contribution in [3.63, 3.8) is 0 Å². The summed E-state index contributed by atoms with van der Waals surface area (Å²) in [5.74, 6) is -1.81. The zero-order valence-corrected chi connectivity index (χ0v) is 11.7. The third-order valence-corrected chi connectivity index (χ3v) is 3.06. The average molecular weight is 341 g/mol. The van der Waals surface area contributed by atoms with Gasteiger partial charge < -0.3 is 11.1 Å². The first-order valence-electron chi connectivity index (χ1n) is 5.53. The Morgan fingerprint density at radius 1 is 1.45 bits per heavy atom. The second-order valence-corrected chi connectivity index (χ2v) is 4.80. The van der Waals surface area contributed by atoms with Crippen LogP contribution in [-0.2, 0) is 11.3 Å². The van der Waals surface area contributed by atoms with Crippen LogP contribution in [0, 0.1) is 5.82 Å². The molecule has 0 aliphatic rings. The van der Waals surface area contributed by atoms with E-state index in [1.165, 1.54) is 29.2 Å². The SMILES string of the molecule is NC(=O)Cn1cc(NC(=O)c2c(F)cccc2Br)cn1. The molecular formula is C12H10BrFN4O2. The summed E-state index contributed by atoms with van der Waals surface area (Å²) in [6.45, 7) is -0.0980. The molecule has 3 N–H and O–H groups in total. The number of nitrogens with one attached hydrogen (secondary N) is 1. The maximum atomic E-state index is 13.6. The van der Waals surface area contributed by atoms with Gasteiger partial charge in [-0.3, -0.25) is 14.3 Å². The van der Waals surface area contributed by atoms with Crippen LogP contribution in [0.1, 0.15) is 10.4 Å². The number of hydrogen-bond acceptors (Lipinski definition) is 3. The third-order valence-electron chi connectivity index (χ3n) is 2.40. The van der Waals surface area contributed by atoms with Gasteiger partial charge in [0, 0.05) is 10.7 Å². The predicted molar refractivity (Wildman–Crippen MR) is 73.5 cm³/mol. The largest absolute Gasteiger partial charge is 0.368 e. The van der Waals surface area contributed by atoms with Crippen LogP contribution >= 0.6 is 15.9 Å². The Kier molecular flexibility index (Phi) is 4.14. The molecule has 0 fully saturated rings. The van der Waals surface area contributed by atoms with E-state index in [0.717, 1.165) is 0 Å². The Morgan fingerprint density at radius 3 is 2.85 bits per heavy atom. The highest BCUT2D eigenvalue weighted by Gasteiger charge is 2.16. The highest BCUT2D eigenvalue weighted by molar-refractivity contribution is 9.10. The third kappa shape index (κ3) is 3.21. The molecule has 8 heteroatoms. The lowest BCUT2D eigenvalue weighted by Crippen LogP contribution is -2.18. The molecule has 0 aliphatic carbocycles. The fourth-order valence-corrected chi connectivity index (χ4v) is 2.10. The first-order valence-corrected chi connectivity index (χ1v) is 6.33. The molecule has 0 saturated carbocycles. The number of primary amides is 1. The van der Waals surface area contributed by atoms with Crippen LogP contribution in [0.4, 0.5) is 10.1 Å². The summed E-state index contributed by atoms with van der Waals surface area (Å²) in [6.07, 6.45) is 2.77. The van der Waals surface area contributed by atoms with Gasteiger partial charge in [0.25, 0.3) is 5.91 Å². The van der Waals surface area contributed by atoms with Gasteiger partial charge in [0.15, 0.2) is 0 Å². The van der Waals surface area contributed by atoms with E-state index in [-0.39, 0.29) is 12.1 Å². The van der Waals surface area contributed by atoms with Crippen molar-refractivity contribution in [1.82, 2.24) is 9.78 Å². The minimum atomic E-state index is -0.638. The highest BCUT2D eigenvalue weighted by atomic mass is 79.9. The van der Waals surface area contributed by atoms with Crippen molar-refractivity contribution < 1.29 is 14.0 Å². The van der Waals surface area contributed by atoms with E-state index >= 15 is 0 Å². The van der Waals surface area contributed by atoms with Crippen molar-refractivity contribution in [2.45, 2.75) is 6.54 Å². The molecule has 6 nitrogen and oxygen atoms in total. The Balaban J connectivity index is 2.16. The van der Waals surface area contributed by atoms with Crippen LogP contribution in [0.25, 0.3) is 0 Å². The van der Waals surface area contributed by atoms with E-state index in [1.54, 1.807) is 6.07 Å². The first-order chi connectivity index (χ1) is 9.47. The normalized spacial score (nSPS) is 10.3. The maximum Gasteiger partial charge on any atom is 0.259 e. The molecule has 1 aromatic heterocycles. The maximum absolute atomic E-state index is 13.6. The van der Waals surface area contributed by atoms with Gasteiger partial charge >= 0.3 is 0 Å². The molecule has 104 valence electrons. The Labute approximate surface area is 121 Å². The minimum absolute atomic E-state index is 0.0980. The Bertz CT molecular complexity index is 651. The zero-order chi connectivity index (χ0) is 14.7. The summed E-state index contributed by atoms with van der Waals surface area (Å²) >= 11 is 3.12. The number of carbonyl (C=O) groups excluding carboxylic acids is 2. The van der Waals surface area contributed by atoms with E-state index in [2.05, 4.69) is 26.3 Å². The number of hydrogen-bond donors (Lipinski definition) is 2. The molecule has 2 rings (SSSR count). The smallest absolute Gasteiger partial charge is 0.259 e. The number of benzene rings is 1. The van der Waals surface area contributed by atoms with Gasteiger partial charge in [-0.25, -0.2) is 4.39 Å². The van der Waals surface area contributed by atoms with Crippen LogP contribution in [0.2, 0.25) is 0 Å². The summed E-state index contributed by atoms with van der Waals surface area (Å²) in [5, 5.41) is 6.33. The number of amides is 2. The molecule has 1 aromatic carbocycles. The quantitative estimate of drug-likeness (QED) is 0.884. The van der Waals surface area contributed by atoms with Gasteiger partial charge in [0.05, 0.1) is 17.4 Å². The summed E-state index contributed by atoms with van der Waals surface area (Å²) in [5.41, 5.74) is 5.26. The average Bonchev–Trinajstić information content (AvgIpc) is 2.75. The lowest BCUT2D eigenvalue weighted by atomic mass is 10.2. The fourth-order valence-electron chi connectivity index (χ4n) is 1.58. The molecule has 1 heterocycles. The lowest BCUT2D eigenvalue weighted by Gasteiger charge is -2.05. The van der Waals surface area contributed by atoms with Gasteiger partial charge in [-0.15, -0.1) is 0 Å². The number of carbonyl (C=O) groups is 2.